The van der Waals surface area contributed by atoms with Crippen molar-refractivity contribution in [2.24, 2.45) is 0 Å². The first-order chi connectivity index (χ1) is 10.3. The number of hydrogen-bond acceptors (Lipinski definition) is 5. The molecule has 0 saturated carbocycles. The summed E-state index contributed by atoms with van der Waals surface area (Å²) in [6.45, 7) is 13.4. The summed E-state index contributed by atoms with van der Waals surface area (Å²) >= 11 is 12.9. The second kappa shape index (κ2) is 5.95. The smallest absolute Gasteiger partial charge is 0.144 e. The molecule has 116 valence electrons. The Kier molecular flexibility index (Phi) is 4.47. The molecule has 0 bridgehead atoms. The van der Waals surface area contributed by atoms with E-state index >= 15 is 0 Å². The third-order valence-electron chi connectivity index (χ3n) is 4.15. The molecular formula is C17H18S5. The Hall–Kier alpha value is -0.330. The Morgan fingerprint density at radius 1 is 0.545 bits per heavy atom. The fourth-order valence-corrected chi connectivity index (χ4v) is 8.09. The maximum absolute atomic E-state index is 5.55. The van der Waals surface area contributed by atoms with Gasteiger partial charge in [-0.3, -0.25) is 0 Å². The van der Waals surface area contributed by atoms with Gasteiger partial charge in [-0.15, -0.1) is 45.3 Å². The van der Waals surface area contributed by atoms with E-state index in [4.69, 9.17) is 12.2 Å². The lowest BCUT2D eigenvalue weighted by atomic mass is 10.0. The lowest BCUT2D eigenvalue weighted by Crippen LogP contribution is -1.84. The van der Waals surface area contributed by atoms with Crippen LogP contribution in [-0.4, -0.2) is 0 Å². The molecule has 0 radical (unpaired) electrons. The molecule has 3 heterocycles. The minimum Gasteiger partial charge on any atom is -0.145 e. The van der Waals surface area contributed by atoms with Crippen molar-refractivity contribution in [3.63, 3.8) is 0 Å². The molecule has 0 aliphatic rings. The molecule has 0 aromatic carbocycles. The van der Waals surface area contributed by atoms with Gasteiger partial charge in [-0.05, 0) is 52.7 Å². The summed E-state index contributed by atoms with van der Waals surface area (Å²) in [4.78, 5) is 8.39. The number of thiophene rings is 2. The SMILES string of the molecule is Cc1sc(C)c(-c2sc(=S)sc2-c2c(C)sc(C)c2C)c1C. The molecule has 0 fully saturated rings. The Balaban J connectivity index is 2.35. The van der Waals surface area contributed by atoms with Crippen molar-refractivity contribution in [2.45, 2.75) is 41.5 Å². The van der Waals surface area contributed by atoms with E-state index in [0.29, 0.717) is 0 Å². The fraction of sp³-hybridized carbons (Fsp3) is 0.353. The third-order valence-corrected chi connectivity index (χ3v) is 9.09. The van der Waals surface area contributed by atoms with Crippen LogP contribution in [0, 0.1) is 44.7 Å². The average molecular weight is 383 g/mol. The van der Waals surface area contributed by atoms with Gasteiger partial charge in [-0.2, -0.15) is 0 Å². The van der Waals surface area contributed by atoms with Gasteiger partial charge in [0.05, 0.1) is 9.75 Å². The van der Waals surface area contributed by atoms with E-state index in [-0.39, 0.29) is 0 Å². The number of aryl methyl sites for hydroxylation is 4. The largest absolute Gasteiger partial charge is 0.145 e. The van der Waals surface area contributed by atoms with Gasteiger partial charge in [0.15, 0.2) is 0 Å². The van der Waals surface area contributed by atoms with Gasteiger partial charge in [-0.1, -0.05) is 12.2 Å². The maximum Gasteiger partial charge on any atom is 0.144 e. The van der Waals surface area contributed by atoms with E-state index in [1.807, 2.05) is 22.7 Å². The highest BCUT2D eigenvalue weighted by Gasteiger charge is 2.22. The molecule has 5 heteroatoms. The summed E-state index contributed by atoms with van der Waals surface area (Å²) in [5, 5.41) is 0. The van der Waals surface area contributed by atoms with Gasteiger partial charge < -0.3 is 0 Å². The molecule has 0 saturated heterocycles. The van der Waals surface area contributed by atoms with Crippen molar-refractivity contribution in [1.82, 2.24) is 0 Å². The van der Waals surface area contributed by atoms with Crippen LogP contribution in [0.2, 0.25) is 0 Å². The highest BCUT2D eigenvalue weighted by Crippen LogP contribution is 2.49. The van der Waals surface area contributed by atoms with Crippen LogP contribution in [0.5, 0.6) is 0 Å². The van der Waals surface area contributed by atoms with Crippen LogP contribution >= 0.6 is 57.6 Å². The second-order valence-electron chi connectivity index (χ2n) is 5.54. The molecule has 0 amide bonds. The van der Waals surface area contributed by atoms with Crippen molar-refractivity contribution in [3.05, 3.63) is 33.8 Å². The standard InChI is InChI=1S/C17H18S5/c1-7-9(3)19-11(5)13(7)15-16(22-17(18)21-15)14-8(2)10(4)20-12(14)6/h1-6H3. The topological polar surface area (TPSA) is 0 Å². The van der Waals surface area contributed by atoms with Gasteiger partial charge in [0.1, 0.15) is 3.14 Å². The first-order valence-electron chi connectivity index (χ1n) is 7.09. The lowest BCUT2D eigenvalue weighted by molar-refractivity contribution is 1.42. The summed E-state index contributed by atoms with van der Waals surface area (Å²) in [6.07, 6.45) is 0. The summed E-state index contributed by atoms with van der Waals surface area (Å²) in [7, 11) is 0. The van der Waals surface area contributed by atoms with Crippen LogP contribution in [0.3, 0.4) is 0 Å². The van der Waals surface area contributed by atoms with Crippen molar-refractivity contribution in [2.75, 3.05) is 0 Å². The molecule has 0 aliphatic carbocycles. The van der Waals surface area contributed by atoms with E-state index < -0.39 is 0 Å². The summed E-state index contributed by atoms with van der Waals surface area (Å²) < 4.78 is 1.02. The fourth-order valence-electron chi connectivity index (χ4n) is 2.86. The van der Waals surface area contributed by atoms with Gasteiger partial charge in [0.25, 0.3) is 0 Å². The van der Waals surface area contributed by atoms with Gasteiger partial charge in [0, 0.05) is 30.6 Å². The van der Waals surface area contributed by atoms with Gasteiger partial charge in [0.2, 0.25) is 0 Å². The molecule has 0 atom stereocenters. The first-order valence-corrected chi connectivity index (χ1v) is 10.8. The summed E-state index contributed by atoms with van der Waals surface area (Å²) in [6, 6.07) is 0. The Labute approximate surface area is 153 Å². The minimum absolute atomic E-state index is 1.02. The Morgan fingerprint density at radius 3 is 1.18 bits per heavy atom. The highest BCUT2D eigenvalue weighted by atomic mass is 32.2. The van der Waals surface area contributed by atoms with Crippen LogP contribution < -0.4 is 0 Å². The van der Waals surface area contributed by atoms with Crippen LogP contribution in [0.15, 0.2) is 0 Å². The van der Waals surface area contributed by atoms with Crippen molar-refractivity contribution < 1.29 is 0 Å². The number of hydrogen-bond donors (Lipinski definition) is 0. The molecule has 0 aliphatic heterocycles. The minimum atomic E-state index is 1.02. The molecule has 22 heavy (non-hydrogen) atoms. The molecule has 3 aromatic rings. The second-order valence-corrected chi connectivity index (χ2v) is 11.6. The molecule has 3 rings (SSSR count). The molecular weight excluding hydrogens is 365 g/mol. The van der Waals surface area contributed by atoms with E-state index in [1.165, 1.54) is 51.5 Å². The highest BCUT2D eigenvalue weighted by molar-refractivity contribution is 7.76. The zero-order valence-electron chi connectivity index (χ0n) is 13.5. The predicted molar refractivity (Wildman–Crippen MR) is 108 cm³/mol. The normalized spacial score (nSPS) is 11.4. The van der Waals surface area contributed by atoms with Crippen LogP contribution in [0.4, 0.5) is 0 Å². The maximum atomic E-state index is 5.55. The van der Waals surface area contributed by atoms with Gasteiger partial charge >= 0.3 is 0 Å². The predicted octanol–water partition coefficient (Wildman–Crippen LogP) is 7.85. The Morgan fingerprint density at radius 2 is 0.909 bits per heavy atom. The van der Waals surface area contributed by atoms with Crippen LogP contribution in [0.1, 0.15) is 30.6 Å². The van der Waals surface area contributed by atoms with Gasteiger partial charge in [-0.25, -0.2) is 0 Å². The van der Waals surface area contributed by atoms with Crippen molar-refractivity contribution >= 4 is 57.6 Å². The van der Waals surface area contributed by atoms with Crippen LogP contribution in [-0.2, 0) is 0 Å². The van der Waals surface area contributed by atoms with Crippen molar-refractivity contribution in [1.29, 1.82) is 0 Å². The summed E-state index contributed by atoms with van der Waals surface area (Å²) in [5.74, 6) is 0. The van der Waals surface area contributed by atoms with Crippen molar-refractivity contribution in [3.8, 4) is 20.9 Å². The van der Waals surface area contributed by atoms with E-state index in [2.05, 4.69) is 41.5 Å². The molecule has 0 nitrogen and oxygen atoms in total. The molecule has 0 unspecified atom stereocenters. The zero-order chi connectivity index (χ0) is 16.2. The molecule has 0 N–H and O–H groups in total. The number of rotatable bonds is 2. The van der Waals surface area contributed by atoms with Crippen LogP contribution in [0.25, 0.3) is 20.9 Å². The van der Waals surface area contributed by atoms with E-state index in [1.54, 1.807) is 22.7 Å². The van der Waals surface area contributed by atoms with E-state index in [9.17, 15) is 0 Å². The van der Waals surface area contributed by atoms with E-state index in [0.717, 1.165) is 3.14 Å². The monoisotopic (exact) mass is 382 g/mol. The lowest BCUT2D eigenvalue weighted by Gasteiger charge is -2.06. The molecule has 0 spiro atoms. The average Bonchev–Trinajstić information content (AvgIpc) is 2.98. The zero-order valence-corrected chi connectivity index (χ0v) is 17.6. The Bertz CT molecular complexity index is 841. The third kappa shape index (κ3) is 2.57. The first kappa shape index (κ1) is 16.5. The quantitative estimate of drug-likeness (QED) is 0.407. The summed E-state index contributed by atoms with van der Waals surface area (Å²) in [5.41, 5.74) is 5.65. The molecule has 3 aromatic heterocycles.